The van der Waals surface area contributed by atoms with Crippen LogP contribution in [0, 0.1) is 0 Å². The molecule has 108 valence electrons. The number of nitrogens with one attached hydrogen (secondary N) is 1. The van der Waals surface area contributed by atoms with Gasteiger partial charge in [0, 0.05) is 13.1 Å². The second-order valence-corrected chi connectivity index (χ2v) is 4.46. The molecule has 2 N–H and O–H groups in total. The summed E-state index contributed by atoms with van der Waals surface area (Å²) in [6.45, 7) is 7.90. The van der Waals surface area contributed by atoms with Crippen molar-refractivity contribution in [3.8, 4) is 0 Å². The second kappa shape index (κ2) is 6.38. The number of nitrogens with zero attached hydrogens (tertiary/aromatic N) is 2. The average molecular weight is 277 g/mol. The minimum absolute atomic E-state index is 0.198. The molecule has 20 heavy (non-hydrogen) atoms. The van der Waals surface area contributed by atoms with Crippen molar-refractivity contribution in [3.05, 3.63) is 23.8 Å². The van der Waals surface area contributed by atoms with Crippen molar-refractivity contribution in [2.75, 3.05) is 31.5 Å². The van der Waals surface area contributed by atoms with Gasteiger partial charge in [-0.2, -0.15) is 4.98 Å². The number of carboxylic acid groups (broad SMARTS) is 1. The van der Waals surface area contributed by atoms with Gasteiger partial charge in [-0.1, -0.05) is 13.8 Å². The lowest BCUT2D eigenvalue weighted by Crippen LogP contribution is -2.28. The molecule has 0 aliphatic heterocycles. The van der Waals surface area contributed by atoms with Gasteiger partial charge < -0.3 is 19.7 Å². The number of hydrogen-bond donors (Lipinski definition) is 2. The van der Waals surface area contributed by atoms with Gasteiger partial charge in [0.15, 0.2) is 5.58 Å². The monoisotopic (exact) mass is 277 g/mol. The van der Waals surface area contributed by atoms with Crippen molar-refractivity contribution < 1.29 is 14.3 Å². The molecule has 0 fully saturated rings. The Morgan fingerprint density at radius 1 is 1.40 bits per heavy atom. The maximum Gasteiger partial charge on any atom is 0.335 e. The minimum Gasteiger partial charge on any atom is -0.478 e. The summed E-state index contributed by atoms with van der Waals surface area (Å²) in [5.74, 6) is -0.973. The predicted molar refractivity (Wildman–Crippen MR) is 77.2 cm³/mol. The number of aromatic carboxylic acids is 1. The number of aromatic nitrogens is 1. The summed E-state index contributed by atoms with van der Waals surface area (Å²) in [7, 11) is 0. The number of fused-ring (bicyclic) bond motifs is 1. The molecule has 6 nitrogen and oxygen atoms in total. The molecule has 0 atom stereocenters. The molecule has 0 unspecified atom stereocenters. The van der Waals surface area contributed by atoms with E-state index in [4.69, 9.17) is 9.52 Å². The Morgan fingerprint density at radius 2 is 2.15 bits per heavy atom. The van der Waals surface area contributed by atoms with Gasteiger partial charge in [0.1, 0.15) is 5.52 Å². The number of carbonyl (C=O) groups is 1. The molecule has 0 amide bonds. The van der Waals surface area contributed by atoms with Crippen LogP contribution in [-0.4, -0.2) is 47.1 Å². The summed E-state index contributed by atoms with van der Waals surface area (Å²) >= 11 is 0. The van der Waals surface area contributed by atoms with E-state index in [1.807, 2.05) is 0 Å². The molecule has 0 spiro atoms. The van der Waals surface area contributed by atoms with Crippen LogP contribution in [0.15, 0.2) is 22.6 Å². The number of benzene rings is 1. The average Bonchev–Trinajstić information content (AvgIpc) is 2.85. The van der Waals surface area contributed by atoms with Gasteiger partial charge in [0.05, 0.1) is 5.56 Å². The van der Waals surface area contributed by atoms with E-state index in [-0.39, 0.29) is 5.56 Å². The minimum atomic E-state index is -0.973. The fraction of sp³-hybridized carbons (Fsp3) is 0.429. The maximum atomic E-state index is 10.9. The fourth-order valence-corrected chi connectivity index (χ4v) is 1.99. The highest BCUT2D eigenvalue weighted by Gasteiger charge is 2.09. The van der Waals surface area contributed by atoms with Crippen LogP contribution in [-0.2, 0) is 0 Å². The molecule has 1 heterocycles. The van der Waals surface area contributed by atoms with Gasteiger partial charge in [-0.3, -0.25) is 0 Å². The highest BCUT2D eigenvalue weighted by molar-refractivity contribution is 5.92. The molecule has 6 heteroatoms. The number of carboxylic acids is 1. The Morgan fingerprint density at radius 3 is 2.80 bits per heavy atom. The van der Waals surface area contributed by atoms with Crippen molar-refractivity contribution >= 4 is 23.1 Å². The lowest BCUT2D eigenvalue weighted by molar-refractivity contribution is 0.0697. The molecular weight excluding hydrogens is 258 g/mol. The van der Waals surface area contributed by atoms with E-state index < -0.39 is 5.97 Å². The Labute approximate surface area is 117 Å². The van der Waals surface area contributed by atoms with E-state index in [9.17, 15) is 4.79 Å². The first-order valence-electron chi connectivity index (χ1n) is 6.74. The fourth-order valence-electron chi connectivity index (χ4n) is 1.99. The summed E-state index contributed by atoms with van der Waals surface area (Å²) in [6.07, 6.45) is 0. The molecule has 0 bridgehead atoms. The molecule has 2 rings (SSSR count). The first-order valence-corrected chi connectivity index (χ1v) is 6.74. The molecule has 0 saturated heterocycles. The van der Waals surface area contributed by atoms with Crippen molar-refractivity contribution in [2.45, 2.75) is 13.8 Å². The highest BCUT2D eigenvalue weighted by atomic mass is 16.4. The predicted octanol–water partition coefficient (Wildman–Crippen LogP) is 2.28. The maximum absolute atomic E-state index is 10.9. The van der Waals surface area contributed by atoms with Crippen LogP contribution in [0.2, 0.25) is 0 Å². The lowest BCUT2D eigenvalue weighted by atomic mass is 10.2. The molecule has 2 aromatic rings. The van der Waals surface area contributed by atoms with E-state index >= 15 is 0 Å². The van der Waals surface area contributed by atoms with Gasteiger partial charge in [-0.15, -0.1) is 0 Å². The van der Waals surface area contributed by atoms with Gasteiger partial charge >= 0.3 is 5.97 Å². The number of rotatable bonds is 7. The molecule has 0 saturated carbocycles. The number of anilines is 1. The lowest BCUT2D eigenvalue weighted by Gasteiger charge is -2.17. The van der Waals surface area contributed by atoms with Crippen LogP contribution in [0.1, 0.15) is 24.2 Å². The Balaban J connectivity index is 2.02. The zero-order valence-electron chi connectivity index (χ0n) is 11.7. The van der Waals surface area contributed by atoms with Crippen LogP contribution in [0.4, 0.5) is 6.01 Å². The van der Waals surface area contributed by atoms with E-state index in [0.29, 0.717) is 17.1 Å². The van der Waals surface area contributed by atoms with E-state index in [1.165, 1.54) is 12.1 Å². The molecule has 0 aliphatic carbocycles. The van der Waals surface area contributed by atoms with Gasteiger partial charge in [-0.05, 0) is 31.3 Å². The quantitative estimate of drug-likeness (QED) is 0.808. The zero-order valence-corrected chi connectivity index (χ0v) is 11.7. The van der Waals surface area contributed by atoms with Crippen LogP contribution in [0.25, 0.3) is 11.1 Å². The first kappa shape index (κ1) is 14.3. The third-order valence-corrected chi connectivity index (χ3v) is 3.23. The number of oxazole rings is 1. The summed E-state index contributed by atoms with van der Waals surface area (Å²) in [5, 5.41) is 12.0. The largest absolute Gasteiger partial charge is 0.478 e. The third kappa shape index (κ3) is 3.27. The standard InChI is InChI=1S/C14H19N3O3/c1-3-17(4-2)8-7-15-14-16-11-6-5-10(13(18)19)9-12(11)20-14/h5-6,9H,3-4,7-8H2,1-2H3,(H,15,16)(H,18,19). The van der Waals surface area contributed by atoms with Crippen LogP contribution in [0.3, 0.4) is 0 Å². The molecule has 0 radical (unpaired) electrons. The summed E-state index contributed by atoms with van der Waals surface area (Å²) in [5.41, 5.74) is 1.33. The van der Waals surface area contributed by atoms with Crippen molar-refractivity contribution in [2.24, 2.45) is 0 Å². The van der Waals surface area contributed by atoms with Crippen molar-refractivity contribution in [3.63, 3.8) is 0 Å². The molecule has 1 aromatic heterocycles. The SMILES string of the molecule is CCN(CC)CCNc1nc2ccc(C(=O)O)cc2o1. The molecular formula is C14H19N3O3. The summed E-state index contributed by atoms with van der Waals surface area (Å²) < 4.78 is 5.50. The van der Waals surface area contributed by atoms with Crippen molar-refractivity contribution in [1.29, 1.82) is 0 Å². The highest BCUT2D eigenvalue weighted by Crippen LogP contribution is 2.20. The van der Waals surface area contributed by atoms with E-state index in [0.717, 1.165) is 26.2 Å². The summed E-state index contributed by atoms with van der Waals surface area (Å²) in [4.78, 5) is 17.4. The second-order valence-electron chi connectivity index (χ2n) is 4.46. The van der Waals surface area contributed by atoms with Gasteiger partial charge in [0.2, 0.25) is 0 Å². The van der Waals surface area contributed by atoms with E-state index in [1.54, 1.807) is 6.07 Å². The number of likely N-dealkylation sites (N-methyl/N-ethyl adjacent to an activating group) is 1. The Bertz CT molecular complexity index is 590. The van der Waals surface area contributed by atoms with Crippen molar-refractivity contribution in [1.82, 2.24) is 9.88 Å². The summed E-state index contributed by atoms with van der Waals surface area (Å²) in [6, 6.07) is 5.08. The Hall–Kier alpha value is -2.08. The van der Waals surface area contributed by atoms with Crippen LogP contribution in [0.5, 0.6) is 0 Å². The third-order valence-electron chi connectivity index (χ3n) is 3.23. The Kier molecular flexibility index (Phi) is 4.57. The van der Waals surface area contributed by atoms with E-state index in [2.05, 4.69) is 29.0 Å². The van der Waals surface area contributed by atoms with Gasteiger partial charge in [0.25, 0.3) is 6.01 Å². The zero-order chi connectivity index (χ0) is 14.5. The smallest absolute Gasteiger partial charge is 0.335 e. The first-order chi connectivity index (χ1) is 9.63. The molecule has 0 aliphatic rings. The number of hydrogen-bond acceptors (Lipinski definition) is 5. The molecule has 1 aromatic carbocycles. The van der Waals surface area contributed by atoms with Crippen LogP contribution >= 0.6 is 0 Å². The topological polar surface area (TPSA) is 78.6 Å². The van der Waals surface area contributed by atoms with Crippen LogP contribution < -0.4 is 5.32 Å². The normalized spacial score (nSPS) is 11.2. The van der Waals surface area contributed by atoms with Gasteiger partial charge in [-0.25, -0.2) is 4.79 Å².